The summed E-state index contributed by atoms with van der Waals surface area (Å²) in [7, 11) is 0. The molecular formula is C6H6NO2Te. The van der Waals surface area contributed by atoms with Crippen molar-refractivity contribution in [3.63, 3.8) is 0 Å². The second kappa shape index (κ2) is 5.29. The molecule has 0 aliphatic carbocycles. The average molecular weight is 252 g/mol. The van der Waals surface area contributed by atoms with Gasteiger partial charge in [-0.15, -0.1) is 0 Å². The Morgan fingerprint density at radius 3 is 2.80 bits per heavy atom. The van der Waals surface area contributed by atoms with Crippen LogP contribution in [0.4, 0.5) is 0 Å². The monoisotopic (exact) mass is 254 g/mol. The Labute approximate surface area is 72.8 Å². The summed E-state index contributed by atoms with van der Waals surface area (Å²) in [5, 5.41) is 0. The third-order valence-electron chi connectivity index (χ3n) is 0.717. The molecule has 0 unspecified atom stereocenters. The fourth-order valence-electron chi connectivity index (χ4n) is 0.325. The summed E-state index contributed by atoms with van der Waals surface area (Å²) in [5.41, 5.74) is 0.0478. The molecular weight excluding hydrogens is 246 g/mol. The van der Waals surface area contributed by atoms with Crippen LogP contribution in [0.2, 0.25) is 0 Å². The molecule has 1 radical (unpaired) electrons. The Morgan fingerprint density at radius 1 is 1.90 bits per heavy atom. The van der Waals surface area contributed by atoms with E-state index >= 15 is 0 Å². The molecule has 53 valence electrons. The van der Waals surface area contributed by atoms with Gasteiger partial charge < -0.3 is 0 Å². The van der Waals surface area contributed by atoms with E-state index in [1.54, 1.807) is 29.2 Å². The second-order valence-electron chi connectivity index (χ2n) is 1.34. The quantitative estimate of drug-likeness (QED) is 0.309. The molecule has 0 spiro atoms. The third-order valence-corrected chi connectivity index (χ3v) is 1.35. The van der Waals surface area contributed by atoms with E-state index in [-0.39, 0.29) is 5.70 Å². The number of carbonyl (C=O) groups excluding carboxylic acids is 1. The first-order chi connectivity index (χ1) is 4.76. The van der Waals surface area contributed by atoms with Gasteiger partial charge in [0.25, 0.3) is 0 Å². The van der Waals surface area contributed by atoms with Crippen molar-refractivity contribution in [2.24, 2.45) is 0 Å². The first-order valence-corrected chi connectivity index (χ1v) is 3.97. The maximum absolute atomic E-state index is 10.7. The van der Waals surface area contributed by atoms with E-state index in [4.69, 9.17) is 6.57 Å². The molecule has 0 saturated heterocycles. The SMILES string of the molecule is [C-]#[N+]/C(=C/[Te])C(=O)OCC. The van der Waals surface area contributed by atoms with Gasteiger partial charge in [-0.1, -0.05) is 0 Å². The zero-order valence-corrected chi connectivity index (χ0v) is 7.79. The predicted molar refractivity (Wildman–Crippen MR) is 37.1 cm³/mol. The van der Waals surface area contributed by atoms with Crippen molar-refractivity contribution in [3.05, 3.63) is 21.2 Å². The number of nitrogens with zero attached hydrogens (tertiary/aromatic N) is 1. The Kier molecular flexibility index (Phi) is 5.02. The van der Waals surface area contributed by atoms with E-state index in [1.165, 1.54) is 4.12 Å². The van der Waals surface area contributed by atoms with Crippen molar-refractivity contribution in [1.29, 1.82) is 0 Å². The molecule has 0 aromatic carbocycles. The molecule has 0 atom stereocenters. The van der Waals surface area contributed by atoms with Crippen molar-refractivity contribution in [2.45, 2.75) is 6.92 Å². The molecule has 0 bridgehead atoms. The van der Waals surface area contributed by atoms with Gasteiger partial charge in [-0.25, -0.2) is 0 Å². The van der Waals surface area contributed by atoms with E-state index in [0.717, 1.165) is 0 Å². The molecule has 10 heavy (non-hydrogen) atoms. The van der Waals surface area contributed by atoms with Gasteiger partial charge in [-0.3, -0.25) is 0 Å². The number of rotatable bonds is 2. The van der Waals surface area contributed by atoms with Crippen molar-refractivity contribution in [3.8, 4) is 0 Å². The fourth-order valence-corrected chi connectivity index (χ4v) is 0.750. The van der Waals surface area contributed by atoms with Crippen LogP contribution in [0, 0.1) is 6.57 Å². The van der Waals surface area contributed by atoms with E-state index in [2.05, 4.69) is 9.58 Å². The minimum absolute atomic E-state index is 0.0478. The first kappa shape index (κ1) is 9.49. The van der Waals surface area contributed by atoms with Crippen LogP contribution in [0.1, 0.15) is 6.92 Å². The van der Waals surface area contributed by atoms with E-state index in [9.17, 15) is 4.79 Å². The standard InChI is InChI=1S/C6H6NO2Te/c1-3-9-6(8)5(4-10)7-2/h4H,3H2,1H3/b5-4+. The fraction of sp³-hybridized carbons (Fsp3) is 0.333. The molecule has 0 aromatic heterocycles. The topological polar surface area (TPSA) is 30.7 Å². The minimum atomic E-state index is -0.539. The maximum atomic E-state index is 10.7. The van der Waals surface area contributed by atoms with Crippen LogP contribution in [-0.4, -0.2) is 34.9 Å². The number of hydrogen-bond donors (Lipinski definition) is 0. The van der Waals surface area contributed by atoms with Crippen LogP contribution in [-0.2, 0) is 9.53 Å². The Hall–Kier alpha value is -0.510. The zero-order valence-electron chi connectivity index (χ0n) is 5.46. The van der Waals surface area contributed by atoms with Crippen LogP contribution in [0.3, 0.4) is 0 Å². The Bertz CT molecular complexity index is 192. The summed E-state index contributed by atoms with van der Waals surface area (Å²) in [6, 6.07) is 0. The average Bonchev–Trinajstić information content (AvgIpc) is 1.91. The van der Waals surface area contributed by atoms with Gasteiger partial charge in [0, 0.05) is 0 Å². The second-order valence-corrected chi connectivity index (χ2v) is 2.01. The van der Waals surface area contributed by atoms with Gasteiger partial charge in [0.1, 0.15) is 0 Å². The van der Waals surface area contributed by atoms with Crippen LogP contribution < -0.4 is 0 Å². The van der Waals surface area contributed by atoms with Crippen molar-refractivity contribution in [2.75, 3.05) is 6.61 Å². The van der Waals surface area contributed by atoms with Crippen LogP contribution in [0.5, 0.6) is 0 Å². The molecule has 0 saturated carbocycles. The summed E-state index contributed by atoms with van der Waals surface area (Å²) in [4.78, 5) is 13.7. The van der Waals surface area contributed by atoms with Crippen LogP contribution in [0.25, 0.3) is 4.85 Å². The van der Waals surface area contributed by atoms with Crippen LogP contribution >= 0.6 is 0 Å². The van der Waals surface area contributed by atoms with Crippen molar-refractivity contribution < 1.29 is 9.53 Å². The van der Waals surface area contributed by atoms with E-state index in [0.29, 0.717) is 6.61 Å². The normalized spacial score (nSPS) is 10.2. The van der Waals surface area contributed by atoms with Crippen molar-refractivity contribution >= 4 is 28.3 Å². The van der Waals surface area contributed by atoms with Gasteiger partial charge in [0.15, 0.2) is 0 Å². The van der Waals surface area contributed by atoms with Gasteiger partial charge in [-0.2, -0.15) is 0 Å². The van der Waals surface area contributed by atoms with Gasteiger partial charge in [0.05, 0.1) is 0 Å². The van der Waals surface area contributed by atoms with Crippen LogP contribution in [0.15, 0.2) is 9.82 Å². The molecule has 0 amide bonds. The zero-order chi connectivity index (χ0) is 7.98. The predicted octanol–water partition coefficient (Wildman–Crippen LogP) is 0.479. The molecule has 3 nitrogen and oxygen atoms in total. The first-order valence-electron chi connectivity index (χ1n) is 2.63. The molecule has 0 N–H and O–H groups in total. The summed E-state index contributed by atoms with van der Waals surface area (Å²) >= 11 is 1.56. The summed E-state index contributed by atoms with van der Waals surface area (Å²) < 4.78 is 6.01. The van der Waals surface area contributed by atoms with E-state index < -0.39 is 5.97 Å². The molecule has 4 heteroatoms. The number of carbonyl (C=O) groups is 1. The number of hydrogen-bond acceptors (Lipinski definition) is 2. The summed E-state index contributed by atoms with van der Waals surface area (Å²) in [6.45, 7) is 8.54. The number of ether oxygens (including phenoxy) is 1. The third kappa shape index (κ3) is 2.87. The Balaban J connectivity index is 4.08. The van der Waals surface area contributed by atoms with Crippen molar-refractivity contribution in [1.82, 2.24) is 0 Å². The molecule has 0 rings (SSSR count). The molecule has 0 aliphatic rings. The van der Waals surface area contributed by atoms with E-state index in [1.807, 2.05) is 0 Å². The Morgan fingerprint density at radius 2 is 2.50 bits per heavy atom. The van der Waals surface area contributed by atoms with Gasteiger partial charge in [0.2, 0.25) is 0 Å². The molecule has 0 heterocycles. The molecule has 0 aliphatic heterocycles. The van der Waals surface area contributed by atoms with Gasteiger partial charge >= 0.3 is 72.6 Å². The number of esters is 1. The summed E-state index contributed by atoms with van der Waals surface area (Å²) in [6.07, 6.45) is 0. The molecule has 0 fully saturated rings. The van der Waals surface area contributed by atoms with Gasteiger partial charge in [-0.05, 0) is 0 Å². The summed E-state index contributed by atoms with van der Waals surface area (Å²) in [5.74, 6) is -0.539. The molecule has 0 aromatic rings.